The van der Waals surface area contributed by atoms with Crippen LogP contribution < -0.4 is 4.74 Å². The lowest BCUT2D eigenvalue weighted by Crippen LogP contribution is -2.60. The van der Waals surface area contributed by atoms with Crippen LogP contribution in [0.4, 0.5) is 4.79 Å². The zero-order valence-electron chi connectivity index (χ0n) is 21.4. The fraction of sp³-hybridized carbons (Fsp3) is 0.310. The molecule has 2 fully saturated rings. The summed E-state index contributed by atoms with van der Waals surface area (Å²) in [4.78, 5) is 21.6. The Balaban J connectivity index is 0.980. The summed E-state index contributed by atoms with van der Waals surface area (Å²) in [7, 11) is -3.48. The average Bonchev–Trinajstić information content (AvgIpc) is 3.36. The molecule has 0 unspecified atom stereocenters. The Morgan fingerprint density at radius 2 is 1.74 bits per heavy atom. The van der Waals surface area contributed by atoms with E-state index in [1.165, 1.54) is 10.5 Å². The van der Waals surface area contributed by atoms with Crippen molar-refractivity contribution in [2.24, 2.45) is 0 Å². The van der Waals surface area contributed by atoms with Crippen molar-refractivity contribution in [1.29, 1.82) is 0 Å². The van der Waals surface area contributed by atoms with Crippen LogP contribution in [0.2, 0.25) is 0 Å². The SMILES string of the molecule is O=C(OCc1cccc(Oc2ccccc2)c1)N1CC(S(=O)(=O)N2CCC(c3c[nH]c4ncccc34)CC2)C1. The Hall–Kier alpha value is -3.89. The molecule has 9 nitrogen and oxygen atoms in total. The molecule has 0 spiro atoms. The number of rotatable bonds is 7. The summed E-state index contributed by atoms with van der Waals surface area (Å²) in [6, 6.07) is 20.8. The fourth-order valence-electron chi connectivity index (χ4n) is 5.28. The summed E-state index contributed by atoms with van der Waals surface area (Å²) in [6.45, 7) is 1.32. The van der Waals surface area contributed by atoms with Crippen LogP contribution in [0.1, 0.15) is 29.9 Å². The molecule has 4 aromatic rings. The number of sulfonamides is 1. The number of pyridine rings is 1. The lowest BCUT2D eigenvalue weighted by Gasteiger charge is -2.41. The van der Waals surface area contributed by atoms with E-state index in [0.717, 1.165) is 35.2 Å². The van der Waals surface area contributed by atoms with Gasteiger partial charge in [-0.25, -0.2) is 22.5 Å². The number of benzene rings is 2. The van der Waals surface area contributed by atoms with Gasteiger partial charge in [-0.1, -0.05) is 30.3 Å². The first-order chi connectivity index (χ1) is 19.0. The van der Waals surface area contributed by atoms with E-state index >= 15 is 0 Å². The van der Waals surface area contributed by atoms with E-state index in [-0.39, 0.29) is 19.7 Å². The topological polar surface area (TPSA) is 105 Å². The number of para-hydroxylation sites is 1. The number of nitrogens with zero attached hydrogens (tertiary/aromatic N) is 3. The summed E-state index contributed by atoms with van der Waals surface area (Å²) in [5.74, 6) is 1.66. The minimum atomic E-state index is -3.48. The molecule has 10 heteroatoms. The van der Waals surface area contributed by atoms with Crippen molar-refractivity contribution < 1.29 is 22.7 Å². The summed E-state index contributed by atoms with van der Waals surface area (Å²) in [5, 5.41) is 0.504. The highest BCUT2D eigenvalue weighted by atomic mass is 32.2. The van der Waals surface area contributed by atoms with Crippen molar-refractivity contribution in [3.8, 4) is 11.5 Å². The molecular weight excluding hydrogens is 516 g/mol. The Morgan fingerprint density at radius 3 is 2.54 bits per heavy atom. The van der Waals surface area contributed by atoms with Crippen molar-refractivity contribution >= 4 is 27.1 Å². The summed E-state index contributed by atoms with van der Waals surface area (Å²) < 4.78 is 39.3. The third-order valence-corrected chi connectivity index (χ3v) is 9.73. The van der Waals surface area contributed by atoms with Crippen molar-refractivity contribution in [2.75, 3.05) is 26.2 Å². The first kappa shape index (κ1) is 25.4. The van der Waals surface area contributed by atoms with Gasteiger partial charge in [0.15, 0.2) is 0 Å². The number of amides is 1. The average molecular weight is 547 g/mol. The number of aromatic amines is 1. The van der Waals surface area contributed by atoms with Gasteiger partial charge in [-0.15, -0.1) is 0 Å². The molecule has 0 aliphatic carbocycles. The predicted molar refractivity (Wildman–Crippen MR) is 147 cm³/mol. The number of likely N-dealkylation sites (tertiary alicyclic amines) is 1. The van der Waals surface area contributed by atoms with Gasteiger partial charge in [-0.2, -0.15) is 0 Å². The minimum Gasteiger partial charge on any atom is -0.457 e. The van der Waals surface area contributed by atoms with Gasteiger partial charge in [0.1, 0.15) is 29.0 Å². The second-order valence-corrected chi connectivity index (χ2v) is 12.2. The maximum absolute atomic E-state index is 13.2. The fourth-order valence-corrected chi connectivity index (χ4v) is 7.16. The maximum atomic E-state index is 13.2. The number of hydrogen-bond donors (Lipinski definition) is 1. The molecule has 202 valence electrons. The highest BCUT2D eigenvalue weighted by Gasteiger charge is 2.44. The molecule has 2 aromatic heterocycles. The van der Waals surface area contributed by atoms with E-state index in [9.17, 15) is 13.2 Å². The Kier molecular flexibility index (Phi) is 6.97. The summed E-state index contributed by atoms with van der Waals surface area (Å²) in [5.41, 5.74) is 2.84. The van der Waals surface area contributed by atoms with Crippen LogP contribution in [-0.4, -0.2) is 65.1 Å². The monoisotopic (exact) mass is 546 g/mol. The normalized spacial score (nSPS) is 17.2. The minimum absolute atomic E-state index is 0.0790. The maximum Gasteiger partial charge on any atom is 0.410 e. The van der Waals surface area contributed by atoms with E-state index in [2.05, 4.69) is 16.0 Å². The van der Waals surface area contributed by atoms with Crippen molar-refractivity contribution in [3.63, 3.8) is 0 Å². The second-order valence-electron chi connectivity index (χ2n) is 10.0. The van der Waals surface area contributed by atoms with E-state index in [0.29, 0.717) is 24.8 Å². The Bertz CT molecular complexity index is 1560. The largest absolute Gasteiger partial charge is 0.457 e. The van der Waals surface area contributed by atoms with E-state index in [1.807, 2.05) is 66.9 Å². The van der Waals surface area contributed by atoms with E-state index < -0.39 is 21.4 Å². The van der Waals surface area contributed by atoms with Gasteiger partial charge in [-0.3, -0.25) is 0 Å². The highest BCUT2D eigenvalue weighted by Crippen LogP contribution is 2.34. The molecule has 2 saturated heterocycles. The Labute approximate surface area is 227 Å². The zero-order chi connectivity index (χ0) is 26.8. The molecule has 2 aliphatic rings. The van der Waals surface area contributed by atoms with Crippen molar-refractivity contribution in [1.82, 2.24) is 19.2 Å². The van der Waals surface area contributed by atoms with Gasteiger partial charge in [0, 0.05) is 44.0 Å². The number of aromatic nitrogens is 2. The molecule has 1 amide bonds. The lowest BCUT2D eigenvalue weighted by atomic mass is 9.90. The van der Waals surface area contributed by atoms with E-state index in [4.69, 9.17) is 9.47 Å². The number of piperidine rings is 1. The van der Waals surface area contributed by atoms with Gasteiger partial charge in [0.2, 0.25) is 10.0 Å². The number of carbonyl (C=O) groups excluding carboxylic acids is 1. The molecule has 0 atom stereocenters. The molecule has 4 heterocycles. The van der Waals surface area contributed by atoms with Crippen LogP contribution >= 0.6 is 0 Å². The van der Waals surface area contributed by atoms with E-state index in [1.54, 1.807) is 10.5 Å². The van der Waals surface area contributed by atoms with Crippen LogP contribution in [0, 0.1) is 0 Å². The van der Waals surface area contributed by atoms with Crippen LogP contribution in [0.15, 0.2) is 79.1 Å². The van der Waals surface area contributed by atoms with Crippen molar-refractivity contribution in [3.05, 3.63) is 90.3 Å². The highest BCUT2D eigenvalue weighted by molar-refractivity contribution is 7.89. The zero-order valence-corrected chi connectivity index (χ0v) is 22.2. The number of nitrogens with one attached hydrogen (secondary N) is 1. The standard InChI is InChI=1S/C29H30N4O5S/c34-29(37-20-21-6-4-9-24(16-21)38-23-7-2-1-3-8-23)32-18-25(19-32)39(35,36)33-14-11-22(12-15-33)27-17-31-28-26(27)10-5-13-30-28/h1-10,13,16-17,22,25H,11-12,14-15,18-20H2,(H,30,31). The predicted octanol–water partition coefficient (Wildman–Crippen LogP) is 4.89. The first-order valence-corrected chi connectivity index (χ1v) is 14.6. The molecule has 0 radical (unpaired) electrons. The van der Waals surface area contributed by atoms with Crippen molar-refractivity contribution in [2.45, 2.75) is 30.6 Å². The van der Waals surface area contributed by atoms with Crippen LogP contribution in [0.5, 0.6) is 11.5 Å². The number of fused-ring (bicyclic) bond motifs is 1. The van der Waals surface area contributed by atoms with Gasteiger partial charge < -0.3 is 19.4 Å². The third-order valence-electron chi connectivity index (χ3n) is 7.50. The van der Waals surface area contributed by atoms with Crippen LogP contribution in [-0.2, 0) is 21.4 Å². The number of hydrogen-bond acceptors (Lipinski definition) is 6. The first-order valence-electron chi connectivity index (χ1n) is 13.1. The molecule has 6 rings (SSSR count). The van der Waals surface area contributed by atoms with Crippen LogP contribution in [0.25, 0.3) is 11.0 Å². The number of carbonyl (C=O) groups is 1. The molecule has 2 aromatic carbocycles. The quantitative estimate of drug-likeness (QED) is 0.354. The summed E-state index contributed by atoms with van der Waals surface area (Å²) >= 11 is 0. The van der Waals surface area contributed by atoms with Gasteiger partial charge in [-0.05, 0) is 66.3 Å². The van der Waals surface area contributed by atoms with Crippen LogP contribution in [0.3, 0.4) is 0 Å². The molecule has 0 bridgehead atoms. The lowest BCUT2D eigenvalue weighted by molar-refractivity contribution is 0.0758. The van der Waals surface area contributed by atoms with Gasteiger partial charge in [0.05, 0.1) is 0 Å². The second kappa shape index (κ2) is 10.7. The van der Waals surface area contributed by atoms with Gasteiger partial charge in [0.25, 0.3) is 0 Å². The van der Waals surface area contributed by atoms with Gasteiger partial charge >= 0.3 is 6.09 Å². The molecule has 0 saturated carbocycles. The Morgan fingerprint density at radius 1 is 0.974 bits per heavy atom. The molecule has 2 aliphatic heterocycles. The molecule has 1 N–H and O–H groups in total. The number of ether oxygens (including phenoxy) is 2. The third kappa shape index (κ3) is 5.35. The smallest absolute Gasteiger partial charge is 0.410 e. The number of H-pyrrole nitrogens is 1. The summed E-state index contributed by atoms with van der Waals surface area (Å²) in [6.07, 6.45) is 4.76. The molecular formula is C29H30N4O5S. The molecule has 39 heavy (non-hydrogen) atoms.